The van der Waals surface area contributed by atoms with E-state index < -0.39 is 0 Å². The zero-order chi connectivity index (χ0) is 9.84. The Hall–Kier alpha value is -1.22. The lowest BCUT2D eigenvalue weighted by Crippen LogP contribution is -2.00. The number of carbonyl (C=O) groups excluding carboxylic acids is 1. The van der Waals surface area contributed by atoms with Crippen molar-refractivity contribution in [3.63, 3.8) is 0 Å². The Kier molecular flexibility index (Phi) is 3.14. The number of hydrogen-bond donors (Lipinski definition) is 2. The van der Waals surface area contributed by atoms with Crippen LogP contribution in [0.25, 0.3) is 0 Å². The molecule has 0 saturated heterocycles. The summed E-state index contributed by atoms with van der Waals surface area (Å²) >= 11 is 5.84. The minimum absolute atomic E-state index is 0.597. The van der Waals surface area contributed by atoms with Crippen LogP contribution in [0.15, 0.2) is 12.1 Å². The molecule has 0 spiro atoms. The lowest BCUT2D eigenvalue weighted by atomic mass is 10.1. The summed E-state index contributed by atoms with van der Waals surface area (Å²) in [5.41, 5.74) is 2.61. The Morgan fingerprint density at radius 3 is 2.54 bits per heavy atom. The second-order valence-electron chi connectivity index (χ2n) is 2.64. The van der Waals surface area contributed by atoms with E-state index in [-0.39, 0.29) is 0 Å². The van der Waals surface area contributed by atoms with Crippen molar-refractivity contribution in [2.45, 2.75) is 6.92 Å². The summed E-state index contributed by atoms with van der Waals surface area (Å²) in [6.45, 7) is 1.91. The van der Waals surface area contributed by atoms with Crippen LogP contribution in [0.2, 0.25) is 5.02 Å². The first-order valence-electron chi connectivity index (χ1n) is 3.87. The van der Waals surface area contributed by atoms with Crippen LogP contribution in [0.1, 0.15) is 5.56 Å². The topological polar surface area (TPSA) is 41.1 Å². The van der Waals surface area contributed by atoms with E-state index in [1.165, 1.54) is 0 Å². The zero-order valence-corrected chi connectivity index (χ0v) is 8.27. The lowest BCUT2D eigenvalue weighted by molar-refractivity contribution is -0.105. The highest BCUT2D eigenvalue weighted by atomic mass is 35.5. The number of anilines is 2. The highest BCUT2D eigenvalue weighted by Crippen LogP contribution is 2.27. The summed E-state index contributed by atoms with van der Waals surface area (Å²) in [4.78, 5) is 10.3. The van der Waals surface area contributed by atoms with Gasteiger partial charge in [-0.15, -0.1) is 0 Å². The molecule has 0 heterocycles. The van der Waals surface area contributed by atoms with Gasteiger partial charge in [-0.05, 0) is 24.6 Å². The third-order valence-corrected chi connectivity index (χ3v) is 2.07. The maximum Gasteiger partial charge on any atom is 0.211 e. The fraction of sp³-hybridized carbons (Fsp3) is 0.222. The molecule has 0 radical (unpaired) electrons. The van der Waals surface area contributed by atoms with Gasteiger partial charge in [-0.25, -0.2) is 0 Å². The third-order valence-electron chi connectivity index (χ3n) is 1.86. The molecular weight excluding hydrogens is 188 g/mol. The number of rotatable bonds is 3. The highest BCUT2D eigenvalue weighted by Gasteiger charge is 2.04. The van der Waals surface area contributed by atoms with E-state index in [0.717, 1.165) is 16.9 Å². The average molecular weight is 199 g/mol. The third kappa shape index (κ3) is 2.12. The molecule has 1 aromatic carbocycles. The molecule has 1 amide bonds. The summed E-state index contributed by atoms with van der Waals surface area (Å²) in [6.07, 6.45) is 0.637. The van der Waals surface area contributed by atoms with E-state index in [9.17, 15) is 4.79 Å². The van der Waals surface area contributed by atoms with Gasteiger partial charge in [0, 0.05) is 23.4 Å². The van der Waals surface area contributed by atoms with Gasteiger partial charge in [0.25, 0.3) is 0 Å². The first-order chi connectivity index (χ1) is 6.19. The van der Waals surface area contributed by atoms with Gasteiger partial charge in [-0.1, -0.05) is 11.6 Å². The second-order valence-corrected chi connectivity index (χ2v) is 3.07. The van der Waals surface area contributed by atoms with Crippen molar-refractivity contribution in [3.05, 3.63) is 22.7 Å². The zero-order valence-electron chi connectivity index (χ0n) is 7.52. The molecule has 0 aliphatic carbocycles. The Morgan fingerprint density at radius 2 is 2.00 bits per heavy atom. The van der Waals surface area contributed by atoms with E-state index in [2.05, 4.69) is 10.6 Å². The van der Waals surface area contributed by atoms with Gasteiger partial charge in [0.15, 0.2) is 0 Å². The first-order valence-corrected chi connectivity index (χ1v) is 4.25. The summed E-state index contributed by atoms with van der Waals surface area (Å²) in [7, 11) is 1.81. The molecule has 0 aliphatic heterocycles. The molecule has 4 heteroatoms. The minimum Gasteiger partial charge on any atom is -0.388 e. The molecule has 0 aliphatic rings. The predicted molar refractivity (Wildman–Crippen MR) is 55.4 cm³/mol. The molecule has 1 aromatic rings. The summed E-state index contributed by atoms with van der Waals surface area (Å²) < 4.78 is 0. The van der Waals surface area contributed by atoms with Crippen molar-refractivity contribution in [1.82, 2.24) is 0 Å². The summed E-state index contributed by atoms with van der Waals surface area (Å²) in [5.74, 6) is 0. The van der Waals surface area contributed by atoms with Crippen molar-refractivity contribution < 1.29 is 4.79 Å². The molecular formula is C9H11ClN2O. The molecule has 2 N–H and O–H groups in total. The molecule has 13 heavy (non-hydrogen) atoms. The lowest BCUT2D eigenvalue weighted by Gasteiger charge is -2.10. The smallest absolute Gasteiger partial charge is 0.211 e. The molecule has 0 unspecified atom stereocenters. The number of halogens is 1. The Morgan fingerprint density at radius 1 is 1.38 bits per heavy atom. The molecule has 0 atom stereocenters. The van der Waals surface area contributed by atoms with Crippen LogP contribution in [0.4, 0.5) is 11.4 Å². The van der Waals surface area contributed by atoms with Crippen molar-refractivity contribution in [2.24, 2.45) is 0 Å². The summed E-state index contributed by atoms with van der Waals surface area (Å²) in [5, 5.41) is 6.18. The number of benzene rings is 1. The molecule has 3 nitrogen and oxygen atoms in total. The van der Waals surface area contributed by atoms with Gasteiger partial charge in [0.05, 0.1) is 0 Å². The highest BCUT2D eigenvalue weighted by molar-refractivity contribution is 6.31. The fourth-order valence-corrected chi connectivity index (χ4v) is 1.37. The van der Waals surface area contributed by atoms with Crippen molar-refractivity contribution >= 4 is 29.4 Å². The number of carbonyl (C=O) groups is 1. The van der Waals surface area contributed by atoms with Crippen molar-refractivity contribution in [3.8, 4) is 0 Å². The Balaban J connectivity index is 3.18. The van der Waals surface area contributed by atoms with Crippen LogP contribution >= 0.6 is 11.6 Å². The number of hydrogen-bond acceptors (Lipinski definition) is 2. The molecule has 70 valence electrons. The van der Waals surface area contributed by atoms with Crippen molar-refractivity contribution in [2.75, 3.05) is 17.7 Å². The largest absolute Gasteiger partial charge is 0.388 e. The fourth-order valence-electron chi connectivity index (χ4n) is 1.15. The van der Waals surface area contributed by atoms with Gasteiger partial charge >= 0.3 is 0 Å². The van der Waals surface area contributed by atoms with Crippen LogP contribution < -0.4 is 10.6 Å². The SMILES string of the molecule is CNc1cc(Cl)cc(NC=O)c1C. The molecule has 0 fully saturated rings. The standard InChI is InChI=1S/C9H11ClN2O/c1-6-8(11-2)3-7(10)4-9(6)12-5-13/h3-5,11H,1-2H3,(H,12,13). The van der Waals surface area contributed by atoms with Gasteiger partial charge in [-0.3, -0.25) is 4.79 Å². The van der Waals surface area contributed by atoms with Crippen LogP contribution in [-0.4, -0.2) is 13.5 Å². The van der Waals surface area contributed by atoms with E-state index in [1.54, 1.807) is 6.07 Å². The molecule has 0 bridgehead atoms. The predicted octanol–water partition coefficient (Wildman–Crippen LogP) is 2.26. The molecule has 0 saturated carbocycles. The average Bonchev–Trinajstić information content (AvgIpc) is 2.11. The van der Waals surface area contributed by atoms with Gasteiger partial charge in [0.1, 0.15) is 0 Å². The van der Waals surface area contributed by atoms with Crippen LogP contribution in [0, 0.1) is 6.92 Å². The Labute approximate surface area is 82.1 Å². The van der Waals surface area contributed by atoms with Gasteiger partial charge < -0.3 is 10.6 Å². The quantitative estimate of drug-likeness (QED) is 0.732. The van der Waals surface area contributed by atoms with Crippen molar-refractivity contribution in [1.29, 1.82) is 0 Å². The maximum absolute atomic E-state index is 10.3. The maximum atomic E-state index is 10.3. The van der Waals surface area contributed by atoms with Crippen LogP contribution in [0.5, 0.6) is 0 Å². The molecule has 0 aromatic heterocycles. The van der Waals surface area contributed by atoms with E-state index >= 15 is 0 Å². The van der Waals surface area contributed by atoms with E-state index in [4.69, 9.17) is 11.6 Å². The van der Waals surface area contributed by atoms with Gasteiger partial charge in [0.2, 0.25) is 6.41 Å². The Bertz CT molecular complexity index is 326. The summed E-state index contributed by atoms with van der Waals surface area (Å²) in [6, 6.07) is 3.53. The second kappa shape index (κ2) is 4.14. The normalized spacial score (nSPS) is 9.46. The van der Waals surface area contributed by atoms with Crippen LogP contribution in [-0.2, 0) is 4.79 Å². The van der Waals surface area contributed by atoms with E-state index in [0.29, 0.717) is 11.4 Å². The first kappa shape index (κ1) is 9.86. The molecule has 1 rings (SSSR count). The van der Waals surface area contributed by atoms with Crippen LogP contribution in [0.3, 0.4) is 0 Å². The van der Waals surface area contributed by atoms with Gasteiger partial charge in [-0.2, -0.15) is 0 Å². The number of amides is 1. The monoisotopic (exact) mass is 198 g/mol. The minimum atomic E-state index is 0.597. The number of nitrogens with one attached hydrogen (secondary N) is 2. The van der Waals surface area contributed by atoms with E-state index in [1.807, 2.05) is 20.0 Å².